The van der Waals surface area contributed by atoms with Gasteiger partial charge in [-0.1, -0.05) is 19.3 Å². The van der Waals surface area contributed by atoms with Crippen molar-refractivity contribution in [3.63, 3.8) is 0 Å². The Balaban J connectivity index is 1.27. The van der Waals surface area contributed by atoms with Gasteiger partial charge in [0.15, 0.2) is 0 Å². The first-order valence-corrected chi connectivity index (χ1v) is 10.0. The number of rotatable bonds is 3. The summed E-state index contributed by atoms with van der Waals surface area (Å²) in [5, 5.41) is 5.84. The Morgan fingerprint density at radius 1 is 0.875 bits per heavy atom. The highest BCUT2D eigenvalue weighted by atomic mass is 16.2. The summed E-state index contributed by atoms with van der Waals surface area (Å²) in [5.41, 5.74) is 0. The van der Waals surface area contributed by atoms with Crippen LogP contribution in [0.5, 0.6) is 0 Å². The molecule has 0 radical (unpaired) electrons. The third kappa shape index (κ3) is 3.55. The van der Waals surface area contributed by atoms with Gasteiger partial charge >= 0.3 is 6.03 Å². The van der Waals surface area contributed by atoms with Crippen LogP contribution >= 0.6 is 0 Å². The largest absolute Gasteiger partial charge is 0.338 e. The lowest BCUT2D eigenvalue weighted by Crippen LogP contribution is -2.49. The van der Waals surface area contributed by atoms with E-state index in [2.05, 4.69) is 15.5 Å². The number of nitrogens with one attached hydrogen (secondary N) is 2. The molecule has 134 valence electrons. The molecule has 5 nitrogen and oxygen atoms in total. The van der Waals surface area contributed by atoms with Crippen molar-refractivity contribution < 1.29 is 9.59 Å². The number of nitrogens with zero attached hydrogens (tertiary/aromatic N) is 1. The van der Waals surface area contributed by atoms with E-state index in [1.165, 1.54) is 51.4 Å². The maximum atomic E-state index is 12.7. The maximum absolute atomic E-state index is 12.7. The van der Waals surface area contributed by atoms with Gasteiger partial charge in [0.1, 0.15) is 0 Å². The molecule has 5 rings (SSSR count). The van der Waals surface area contributed by atoms with Gasteiger partial charge in [0.25, 0.3) is 0 Å². The van der Waals surface area contributed by atoms with E-state index in [4.69, 9.17) is 0 Å². The van der Waals surface area contributed by atoms with Crippen LogP contribution in [0.25, 0.3) is 0 Å². The molecule has 2 heterocycles. The second-order valence-corrected chi connectivity index (χ2v) is 8.64. The fourth-order valence-corrected chi connectivity index (χ4v) is 5.83. The number of carbonyl (C=O) groups excluding carboxylic acids is 2. The Hall–Kier alpha value is -1.26. The molecule has 2 saturated heterocycles. The monoisotopic (exact) mass is 333 g/mol. The summed E-state index contributed by atoms with van der Waals surface area (Å²) in [6.45, 7) is 1.07. The molecule has 4 bridgehead atoms. The lowest BCUT2D eigenvalue weighted by molar-refractivity contribution is -0.132. The summed E-state index contributed by atoms with van der Waals surface area (Å²) in [6.07, 6.45) is 12.2. The third-order valence-electron chi connectivity index (χ3n) is 6.77. The molecule has 5 fully saturated rings. The highest BCUT2D eigenvalue weighted by Gasteiger charge is 2.43. The first kappa shape index (κ1) is 16.2. The first-order valence-electron chi connectivity index (χ1n) is 10.0. The molecule has 2 unspecified atom stereocenters. The topological polar surface area (TPSA) is 61.4 Å². The van der Waals surface area contributed by atoms with Crippen LogP contribution in [0.3, 0.4) is 0 Å². The molecule has 3 aliphatic carbocycles. The predicted octanol–water partition coefficient (Wildman–Crippen LogP) is 2.66. The Labute approximate surface area is 144 Å². The van der Waals surface area contributed by atoms with Crippen LogP contribution in [0.15, 0.2) is 0 Å². The lowest BCUT2D eigenvalue weighted by atomic mass is 9.68. The smallest absolute Gasteiger partial charge is 0.315 e. The van der Waals surface area contributed by atoms with Crippen molar-refractivity contribution in [3.8, 4) is 0 Å². The van der Waals surface area contributed by atoms with Crippen LogP contribution < -0.4 is 10.6 Å². The van der Waals surface area contributed by atoms with Gasteiger partial charge in [-0.2, -0.15) is 0 Å². The minimum atomic E-state index is -0.170. The molecule has 0 spiro atoms. The number of hydrogen-bond donors (Lipinski definition) is 2. The van der Waals surface area contributed by atoms with E-state index < -0.39 is 0 Å². The zero-order chi connectivity index (χ0) is 16.5. The van der Waals surface area contributed by atoms with E-state index in [9.17, 15) is 9.59 Å². The molecule has 5 heteroatoms. The molecule has 0 aromatic heterocycles. The van der Waals surface area contributed by atoms with Gasteiger partial charge in [-0.05, 0) is 62.7 Å². The van der Waals surface area contributed by atoms with Crippen molar-refractivity contribution in [2.24, 2.45) is 17.8 Å². The van der Waals surface area contributed by atoms with E-state index in [1.54, 1.807) is 0 Å². The van der Waals surface area contributed by atoms with Crippen molar-refractivity contribution in [1.82, 2.24) is 15.5 Å². The molecule has 2 aliphatic heterocycles. The van der Waals surface area contributed by atoms with Crippen LogP contribution in [0.2, 0.25) is 0 Å². The Bertz CT molecular complexity index is 475. The van der Waals surface area contributed by atoms with Crippen LogP contribution in [0.4, 0.5) is 4.79 Å². The highest BCUT2D eigenvalue weighted by molar-refractivity contribution is 5.84. The normalized spacial score (nSPS) is 35.6. The average molecular weight is 333 g/mol. The van der Waals surface area contributed by atoms with Crippen molar-refractivity contribution in [2.75, 3.05) is 13.1 Å². The fraction of sp³-hybridized carbons (Fsp3) is 0.895. The van der Waals surface area contributed by atoms with Gasteiger partial charge in [-0.25, -0.2) is 4.79 Å². The summed E-state index contributed by atoms with van der Waals surface area (Å²) in [6, 6.07) is 0.547. The molecular weight excluding hydrogens is 302 g/mol. The zero-order valence-electron chi connectivity index (χ0n) is 14.6. The molecule has 3 amide bonds. The van der Waals surface area contributed by atoms with Gasteiger partial charge < -0.3 is 15.5 Å². The van der Waals surface area contributed by atoms with Gasteiger partial charge in [-0.15, -0.1) is 0 Å². The van der Waals surface area contributed by atoms with Crippen LogP contribution in [-0.2, 0) is 4.79 Å². The van der Waals surface area contributed by atoms with E-state index in [0.29, 0.717) is 18.0 Å². The molecule has 4 atom stereocenters. The van der Waals surface area contributed by atoms with Crippen molar-refractivity contribution in [1.29, 1.82) is 0 Å². The SMILES string of the molecule is O=C(NCC(=O)N1CC2C[C@@H]3CC1C[C@H](C2)C3)NC1CCCCC1. The first-order chi connectivity index (χ1) is 11.7. The molecule has 0 aromatic rings. The van der Waals surface area contributed by atoms with Gasteiger partial charge in [-0.3, -0.25) is 4.79 Å². The summed E-state index contributed by atoms with van der Waals surface area (Å²) >= 11 is 0. The van der Waals surface area contributed by atoms with Crippen LogP contribution in [0.1, 0.15) is 64.2 Å². The van der Waals surface area contributed by atoms with Gasteiger partial charge in [0.05, 0.1) is 6.54 Å². The highest BCUT2D eigenvalue weighted by Crippen LogP contribution is 2.47. The molecule has 24 heavy (non-hydrogen) atoms. The summed E-state index contributed by atoms with van der Waals surface area (Å²) in [7, 11) is 0. The average Bonchev–Trinajstić information content (AvgIpc) is 2.77. The molecule has 0 aromatic carbocycles. The number of amides is 3. The fourth-order valence-electron chi connectivity index (χ4n) is 5.83. The number of urea groups is 1. The van der Waals surface area contributed by atoms with Crippen molar-refractivity contribution >= 4 is 11.9 Å². The van der Waals surface area contributed by atoms with Crippen molar-refractivity contribution in [3.05, 3.63) is 0 Å². The van der Waals surface area contributed by atoms with E-state index >= 15 is 0 Å². The molecular formula is C19H31N3O2. The van der Waals surface area contributed by atoms with Crippen LogP contribution in [0, 0.1) is 17.8 Å². The second kappa shape index (κ2) is 6.93. The predicted molar refractivity (Wildman–Crippen MR) is 92.5 cm³/mol. The summed E-state index contributed by atoms with van der Waals surface area (Å²) < 4.78 is 0. The second-order valence-electron chi connectivity index (χ2n) is 8.64. The third-order valence-corrected chi connectivity index (χ3v) is 6.77. The Morgan fingerprint density at radius 3 is 2.25 bits per heavy atom. The Kier molecular flexibility index (Phi) is 4.68. The zero-order valence-corrected chi connectivity index (χ0v) is 14.6. The minimum absolute atomic E-state index is 0.118. The standard InChI is InChI=1S/C19H31N3O2/c23-18(11-20-19(24)21-16-4-2-1-3-5-16)22-12-15-7-13-6-14(8-15)10-17(22)9-13/h13-17H,1-12H2,(H2,20,21,24)/t13-,14+,15?,17?. The molecule has 5 aliphatic rings. The van der Waals surface area contributed by atoms with E-state index in [1.807, 2.05) is 0 Å². The quantitative estimate of drug-likeness (QED) is 0.834. The molecule has 2 N–H and O–H groups in total. The molecule has 3 saturated carbocycles. The number of hydrogen-bond acceptors (Lipinski definition) is 2. The van der Waals surface area contributed by atoms with Gasteiger partial charge in [0.2, 0.25) is 5.91 Å². The Morgan fingerprint density at radius 2 is 1.54 bits per heavy atom. The maximum Gasteiger partial charge on any atom is 0.315 e. The van der Waals surface area contributed by atoms with Gasteiger partial charge in [0, 0.05) is 18.6 Å². The number of fused-ring (bicyclic) bond motifs is 1. The minimum Gasteiger partial charge on any atom is -0.338 e. The lowest BCUT2D eigenvalue weighted by Gasteiger charge is -2.39. The van der Waals surface area contributed by atoms with E-state index in [0.717, 1.165) is 31.2 Å². The summed E-state index contributed by atoms with van der Waals surface area (Å²) in [4.78, 5) is 26.9. The van der Waals surface area contributed by atoms with Crippen molar-refractivity contribution in [2.45, 2.75) is 76.3 Å². The van der Waals surface area contributed by atoms with Crippen LogP contribution in [-0.4, -0.2) is 42.0 Å². The number of carbonyl (C=O) groups is 2. The summed E-state index contributed by atoms with van der Waals surface area (Å²) in [5.74, 6) is 2.49. The van der Waals surface area contributed by atoms with E-state index in [-0.39, 0.29) is 18.5 Å².